The van der Waals surface area contributed by atoms with Crippen molar-refractivity contribution in [1.82, 2.24) is 5.32 Å². The smallest absolute Gasteiger partial charge is 0.434 e. The molecule has 3 rings (SSSR count). The van der Waals surface area contributed by atoms with Gasteiger partial charge < -0.3 is 20.1 Å². The van der Waals surface area contributed by atoms with E-state index in [1.807, 2.05) is 18.2 Å². The van der Waals surface area contributed by atoms with E-state index in [-0.39, 0.29) is 24.3 Å². The molecule has 158 valence electrons. The van der Waals surface area contributed by atoms with E-state index in [0.29, 0.717) is 23.5 Å². The molecule has 0 bridgehead atoms. The molecule has 1 aliphatic rings. The Bertz CT molecular complexity index is 889. The van der Waals surface area contributed by atoms with Gasteiger partial charge in [-0.05, 0) is 61.7 Å². The van der Waals surface area contributed by atoms with Crippen LogP contribution in [0.5, 0.6) is 5.75 Å². The van der Waals surface area contributed by atoms with Crippen molar-refractivity contribution in [2.24, 2.45) is 5.92 Å². The van der Waals surface area contributed by atoms with Crippen LogP contribution in [0.25, 0.3) is 0 Å². The quantitative estimate of drug-likeness (QED) is 0.525. The van der Waals surface area contributed by atoms with Gasteiger partial charge in [-0.25, -0.2) is 4.79 Å². The highest BCUT2D eigenvalue weighted by Gasteiger charge is 2.22. The normalized spacial score (nSPS) is 13.5. The van der Waals surface area contributed by atoms with Crippen molar-refractivity contribution in [3.63, 3.8) is 0 Å². The number of rotatable bonds is 7. The average Bonchev–Trinajstić information content (AvgIpc) is 3.28. The third kappa shape index (κ3) is 6.07. The number of ether oxygens (including phenoxy) is 2. The van der Waals surface area contributed by atoms with Crippen molar-refractivity contribution in [1.29, 1.82) is 0 Å². The number of benzene rings is 2. The number of nitrogens with one attached hydrogen (secondary N) is 2. The highest BCUT2D eigenvalue weighted by molar-refractivity contribution is 6.04. The van der Waals surface area contributed by atoms with Crippen LogP contribution in [0.4, 0.5) is 10.5 Å². The summed E-state index contributed by atoms with van der Waals surface area (Å²) in [5.74, 6) is 0.241. The molecule has 2 aromatic carbocycles. The zero-order valence-electron chi connectivity index (χ0n) is 17.0. The fourth-order valence-electron chi connectivity index (χ4n) is 3.40. The molecule has 0 spiro atoms. The lowest BCUT2D eigenvalue weighted by Gasteiger charge is -2.12. The van der Waals surface area contributed by atoms with Gasteiger partial charge in [0.1, 0.15) is 5.75 Å². The van der Waals surface area contributed by atoms with Crippen molar-refractivity contribution < 1.29 is 23.9 Å². The summed E-state index contributed by atoms with van der Waals surface area (Å²) in [6, 6.07) is 13.6. The predicted octanol–water partition coefficient (Wildman–Crippen LogP) is 4.28. The van der Waals surface area contributed by atoms with Gasteiger partial charge in [0.05, 0.1) is 6.61 Å². The Hall–Kier alpha value is -3.35. The van der Waals surface area contributed by atoms with Crippen LogP contribution in [0.3, 0.4) is 0 Å². The Morgan fingerprint density at radius 2 is 1.77 bits per heavy atom. The van der Waals surface area contributed by atoms with Crippen LogP contribution in [-0.2, 0) is 16.1 Å². The van der Waals surface area contributed by atoms with Gasteiger partial charge in [0.25, 0.3) is 5.91 Å². The zero-order valence-corrected chi connectivity index (χ0v) is 17.0. The maximum atomic E-state index is 12.5. The highest BCUT2D eigenvalue weighted by Crippen LogP contribution is 2.24. The second-order valence-corrected chi connectivity index (χ2v) is 7.16. The minimum Gasteiger partial charge on any atom is -0.434 e. The van der Waals surface area contributed by atoms with Gasteiger partial charge in [0.2, 0.25) is 5.91 Å². The molecule has 0 aliphatic heterocycles. The molecule has 1 saturated carbocycles. The molecule has 7 nitrogen and oxygen atoms in total. The van der Waals surface area contributed by atoms with Gasteiger partial charge in [-0.3, -0.25) is 9.59 Å². The molecule has 0 unspecified atom stereocenters. The van der Waals surface area contributed by atoms with Crippen molar-refractivity contribution in [2.45, 2.75) is 39.2 Å². The van der Waals surface area contributed by atoms with Gasteiger partial charge >= 0.3 is 6.16 Å². The van der Waals surface area contributed by atoms with E-state index in [2.05, 4.69) is 10.6 Å². The maximum absolute atomic E-state index is 12.5. The van der Waals surface area contributed by atoms with Crippen molar-refractivity contribution in [2.75, 3.05) is 11.9 Å². The van der Waals surface area contributed by atoms with Gasteiger partial charge in [-0.2, -0.15) is 0 Å². The van der Waals surface area contributed by atoms with E-state index < -0.39 is 6.16 Å². The Kier molecular flexibility index (Phi) is 7.43. The molecular formula is C23H26N2O5. The molecule has 2 N–H and O–H groups in total. The largest absolute Gasteiger partial charge is 0.513 e. The summed E-state index contributed by atoms with van der Waals surface area (Å²) >= 11 is 0. The summed E-state index contributed by atoms with van der Waals surface area (Å²) in [4.78, 5) is 36.0. The molecular weight excluding hydrogens is 384 g/mol. The summed E-state index contributed by atoms with van der Waals surface area (Å²) in [5.41, 5.74) is 1.97. The maximum Gasteiger partial charge on any atom is 0.513 e. The van der Waals surface area contributed by atoms with Crippen LogP contribution in [0.2, 0.25) is 0 Å². The molecule has 0 saturated heterocycles. The zero-order chi connectivity index (χ0) is 21.3. The third-order valence-electron chi connectivity index (χ3n) is 4.96. The van der Waals surface area contributed by atoms with Crippen LogP contribution in [0.1, 0.15) is 48.5 Å². The monoisotopic (exact) mass is 410 g/mol. The van der Waals surface area contributed by atoms with E-state index >= 15 is 0 Å². The standard InChI is InChI=1S/C23H26N2O5/c1-2-29-23(28)30-20-12-10-18(11-13-20)22(27)25-19-9-5-6-16(14-19)15-24-21(26)17-7-3-4-8-17/h5-6,9-14,17H,2-4,7-8,15H2,1H3,(H,24,26)(H,25,27). The molecule has 0 radical (unpaired) electrons. The Labute approximate surface area is 175 Å². The molecule has 1 fully saturated rings. The second kappa shape index (κ2) is 10.4. The van der Waals surface area contributed by atoms with Gasteiger partial charge in [-0.15, -0.1) is 0 Å². The number of carbonyl (C=O) groups excluding carboxylic acids is 3. The minimum atomic E-state index is -0.786. The lowest BCUT2D eigenvalue weighted by molar-refractivity contribution is -0.124. The van der Waals surface area contributed by atoms with Crippen LogP contribution >= 0.6 is 0 Å². The van der Waals surface area contributed by atoms with Crippen LogP contribution in [0.15, 0.2) is 48.5 Å². The summed E-state index contributed by atoms with van der Waals surface area (Å²) in [7, 11) is 0. The SMILES string of the molecule is CCOC(=O)Oc1ccc(C(=O)Nc2cccc(CNC(=O)C3CCCC3)c2)cc1. The van der Waals surface area contributed by atoms with Gasteiger partial charge in [-0.1, -0.05) is 25.0 Å². The van der Waals surface area contributed by atoms with Gasteiger partial charge in [0, 0.05) is 23.7 Å². The first-order valence-electron chi connectivity index (χ1n) is 10.2. The van der Waals surface area contributed by atoms with Crippen LogP contribution in [-0.4, -0.2) is 24.6 Å². The van der Waals surface area contributed by atoms with E-state index in [1.54, 1.807) is 25.1 Å². The Balaban J connectivity index is 1.54. The van der Waals surface area contributed by atoms with Crippen molar-refractivity contribution in [3.05, 3.63) is 59.7 Å². The fourth-order valence-corrected chi connectivity index (χ4v) is 3.40. The highest BCUT2D eigenvalue weighted by atomic mass is 16.7. The predicted molar refractivity (Wildman–Crippen MR) is 112 cm³/mol. The molecule has 30 heavy (non-hydrogen) atoms. The first-order valence-corrected chi connectivity index (χ1v) is 10.2. The number of carbonyl (C=O) groups is 3. The molecule has 7 heteroatoms. The van der Waals surface area contributed by atoms with Crippen LogP contribution in [0, 0.1) is 5.92 Å². The van der Waals surface area contributed by atoms with E-state index in [4.69, 9.17) is 9.47 Å². The van der Waals surface area contributed by atoms with Crippen molar-refractivity contribution >= 4 is 23.7 Å². The minimum absolute atomic E-state index is 0.104. The molecule has 2 amide bonds. The van der Waals surface area contributed by atoms with Gasteiger partial charge in [0.15, 0.2) is 0 Å². The molecule has 1 aliphatic carbocycles. The number of amides is 2. The van der Waals surface area contributed by atoms with E-state index in [0.717, 1.165) is 31.2 Å². The van der Waals surface area contributed by atoms with E-state index in [1.165, 1.54) is 12.1 Å². The number of hydrogen-bond acceptors (Lipinski definition) is 5. The van der Waals surface area contributed by atoms with Crippen molar-refractivity contribution in [3.8, 4) is 5.75 Å². The van der Waals surface area contributed by atoms with Crippen LogP contribution < -0.4 is 15.4 Å². The first kappa shape index (κ1) is 21.4. The summed E-state index contributed by atoms with van der Waals surface area (Å²) < 4.78 is 9.69. The lowest BCUT2D eigenvalue weighted by Crippen LogP contribution is -2.28. The fraction of sp³-hybridized carbons (Fsp3) is 0.348. The number of anilines is 1. The van der Waals surface area contributed by atoms with E-state index in [9.17, 15) is 14.4 Å². The lowest BCUT2D eigenvalue weighted by atomic mass is 10.1. The Morgan fingerprint density at radius 3 is 2.47 bits per heavy atom. The Morgan fingerprint density at radius 1 is 1.03 bits per heavy atom. The number of hydrogen-bond donors (Lipinski definition) is 2. The average molecular weight is 410 g/mol. The second-order valence-electron chi connectivity index (χ2n) is 7.16. The summed E-state index contributed by atoms with van der Waals surface area (Å²) in [6.07, 6.45) is 3.38. The summed E-state index contributed by atoms with van der Waals surface area (Å²) in [5, 5.41) is 5.82. The summed E-state index contributed by atoms with van der Waals surface area (Å²) in [6.45, 7) is 2.34. The molecule has 0 atom stereocenters. The molecule has 2 aromatic rings. The topological polar surface area (TPSA) is 93.7 Å². The molecule has 0 heterocycles. The first-order chi connectivity index (χ1) is 14.5. The molecule has 0 aromatic heterocycles. The third-order valence-corrected chi connectivity index (χ3v) is 4.96.